The zero-order valence-electron chi connectivity index (χ0n) is 43.2. The maximum Gasteiger partial charge on any atom is 0.330 e. The van der Waals surface area contributed by atoms with Crippen molar-refractivity contribution in [3.05, 3.63) is 188 Å². The molecule has 390 valence electrons. The van der Waals surface area contributed by atoms with Crippen LogP contribution in [-0.2, 0) is 41.3 Å². The number of carboxylic acids is 1. The van der Waals surface area contributed by atoms with Crippen LogP contribution in [0.4, 0.5) is 26.3 Å². The Bertz CT molecular complexity index is 3260. The highest BCUT2D eigenvalue weighted by atomic mass is 19.2. The predicted octanol–water partition coefficient (Wildman–Crippen LogP) is 10.6. The van der Waals surface area contributed by atoms with Gasteiger partial charge in [0.2, 0.25) is 0 Å². The lowest BCUT2D eigenvalue weighted by atomic mass is 9.83. The minimum Gasteiger partial charge on any atom is -0.478 e. The number of fused-ring (bicyclic) bond motifs is 2. The Labute approximate surface area is 433 Å². The van der Waals surface area contributed by atoms with E-state index in [2.05, 4.69) is 38.6 Å². The number of ether oxygens (including phenoxy) is 1. The zero-order valence-corrected chi connectivity index (χ0v) is 43.2. The Hall–Kier alpha value is -7.66. The predicted molar refractivity (Wildman–Crippen MR) is 275 cm³/mol. The van der Waals surface area contributed by atoms with Crippen molar-refractivity contribution in [3.8, 4) is 23.7 Å². The van der Waals surface area contributed by atoms with E-state index in [0.717, 1.165) is 63.7 Å². The molecule has 16 heteroatoms. The maximum absolute atomic E-state index is 15.6. The number of hydrogen-bond donors (Lipinski definition) is 1. The molecule has 1 N–H and O–H groups in total. The number of aryl methyl sites for hydroxylation is 2. The molecule has 2 aliphatic heterocycles. The lowest BCUT2D eigenvalue weighted by Gasteiger charge is -2.44. The molecule has 0 saturated carbocycles. The minimum atomic E-state index is -1.60. The monoisotopic (exact) mass is 1030 g/mol. The number of carbonyl (C=O) groups is 2. The summed E-state index contributed by atoms with van der Waals surface area (Å²) in [6, 6.07) is 13.5. The van der Waals surface area contributed by atoms with Crippen LogP contribution in [0.25, 0.3) is 12.2 Å². The second-order valence-electron chi connectivity index (χ2n) is 20.2. The number of rotatable bonds is 10. The van der Waals surface area contributed by atoms with Crippen molar-refractivity contribution in [3.63, 3.8) is 0 Å². The van der Waals surface area contributed by atoms with Gasteiger partial charge in [0.15, 0.2) is 0 Å². The molecule has 0 fully saturated rings. The van der Waals surface area contributed by atoms with Crippen molar-refractivity contribution in [1.82, 2.24) is 29.4 Å². The number of benzene rings is 4. The molecule has 4 aromatic carbocycles. The van der Waals surface area contributed by atoms with Gasteiger partial charge >= 0.3 is 11.9 Å². The molecule has 4 unspecified atom stereocenters. The molecule has 4 atom stereocenters. The fourth-order valence-electron chi connectivity index (χ4n) is 9.58. The zero-order chi connectivity index (χ0) is 54.5. The molecule has 0 bridgehead atoms. The minimum absolute atomic E-state index is 0.0102. The van der Waals surface area contributed by atoms with Crippen molar-refractivity contribution in [2.45, 2.75) is 89.9 Å². The van der Waals surface area contributed by atoms with Gasteiger partial charge < -0.3 is 9.84 Å². The van der Waals surface area contributed by atoms with Gasteiger partial charge in [-0.15, -0.1) is 0 Å². The first-order valence-electron chi connectivity index (χ1n) is 24.2. The number of carbonyl (C=O) groups excluding carboxylic acids is 1. The van der Waals surface area contributed by atoms with Crippen LogP contribution in [0.1, 0.15) is 120 Å². The fraction of sp³-hybridized carbons (Fsp3) is 0.322. The number of aliphatic carboxylic acids is 1. The molecule has 0 saturated heterocycles. The van der Waals surface area contributed by atoms with E-state index in [1.54, 1.807) is 45.0 Å². The van der Waals surface area contributed by atoms with Gasteiger partial charge in [-0.05, 0) is 148 Å². The average molecular weight is 1030 g/mol. The van der Waals surface area contributed by atoms with Gasteiger partial charge in [0, 0.05) is 86.1 Å². The van der Waals surface area contributed by atoms with Crippen molar-refractivity contribution >= 4 is 24.1 Å². The summed E-state index contributed by atoms with van der Waals surface area (Å²) < 4.78 is 99.7. The number of esters is 1. The lowest BCUT2D eigenvalue weighted by molar-refractivity contribution is -0.135. The van der Waals surface area contributed by atoms with Crippen LogP contribution in [-0.4, -0.2) is 90.0 Å². The molecular weight excluding hydrogens is 971 g/mol. The quantitative estimate of drug-likeness (QED) is 0.0626. The number of alkyl halides is 2. The van der Waals surface area contributed by atoms with E-state index >= 15 is 17.6 Å². The Morgan fingerprint density at radius 3 is 1.35 bits per heavy atom. The summed E-state index contributed by atoms with van der Waals surface area (Å²) in [7, 11) is 4.84. The molecule has 0 aliphatic carbocycles. The third-order valence-electron chi connectivity index (χ3n) is 12.7. The summed E-state index contributed by atoms with van der Waals surface area (Å²) in [4.78, 5) is 25.9. The summed E-state index contributed by atoms with van der Waals surface area (Å²) >= 11 is 0. The Balaban J connectivity index is 0.000000219. The molecule has 0 spiro atoms. The van der Waals surface area contributed by atoms with E-state index in [0.29, 0.717) is 24.0 Å². The number of aromatic nitrogens is 4. The Morgan fingerprint density at radius 1 is 0.640 bits per heavy atom. The molecule has 6 aromatic rings. The second kappa shape index (κ2) is 22.8. The molecule has 2 aromatic heterocycles. The third kappa shape index (κ3) is 13.9. The highest BCUT2D eigenvalue weighted by Gasteiger charge is 2.41. The van der Waals surface area contributed by atoms with E-state index in [-0.39, 0.29) is 47.4 Å². The van der Waals surface area contributed by atoms with Gasteiger partial charge in [-0.3, -0.25) is 19.2 Å². The highest BCUT2D eigenvalue weighted by molar-refractivity contribution is 5.87. The first-order chi connectivity index (χ1) is 35.4. The summed E-state index contributed by atoms with van der Waals surface area (Å²) in [5.74, 6) is 7.34. The summed E-state index contributed by atoms with van der Waals surface area (Å²) in [5.41, 5.74) is 2.96. The van der Waals surface area contributed by atoms with Crippen molar-refractivity contribution < 1.29 is 45.8 Å². The van der Waals surface area contributed by atoms with Crippen LogP contribution in [0.15, 0.2) is 97.6 Å². The Morgan fingerprint density at radius 2 is 1.01 bits per heavy atom. The highest BCUT2D eigenvalue weighted by Crippen LogP contribution is 2.43. The number of carboxylic acid groups (broad SMARTS) is 1. The fourth-order valence-corrected chi connectivity index (χ4v) is 9.58. The maximum atomic E-state index is 15.6. The summed E-state index contributed by atoms with van der Waals surface area (Å²) in [5, 5.41) is 17.1. The smallest absolute Gasteiger partial charge is 0.330 e. The second-order valence-corrected chi connectivity index (χ2v) is 20.2. The van der Waals surface area contributed by atoms with E-state index in [1.807, 2.05) is 63.3 Å². The first-order valence-corrected chi connectivity index (χ1v) is 24.2. The van der Waals surface area contributed by atoms with Crippen molar-refractivity contribution in [2.75, 3.05) is 20.2 Å². The average Bonchev–Trinajstić information content (AvgIpc) is 3.95. The van der Waals surface area contributed by atoms with Gasteiger partial charge in [0.25, 0.3) is 0 Å². The summed E-state index contributed by atoms with van der Waals surface area (Å²) in [6.07, 6.45) is 12.4. The topological polar surface area (TPSA) is 106 Å². The standard InChI is InChI=1S/C30H30F3N3O2.C29H28F3N3O2/c1-19-12-23-13-20(6-7-22-16-34-35(4)17-22)8-10-24(23)29(36(19)18-30(2,3)33)28-25(31)14-21(15-26(28)32)9-11-27(37)38-5;1-18-11-22-12-19(5-6-21-15-33-34(4)16-21)7-9-23(22)28(35(18)17-29(2,3)32)27-24(30)13-20(14-25(27)31)8-10-26(36)37/h8-11,13-17,19,29H,12,18H2,1-5H3;7-10,12-16,18,28H,11,17H2,1-4H3,(H,36,37)/b11-9+;10-8+. The molecule has 4 heterocycles. The van der Waals surface area contributed by atoms with Crippen LogP contribution >= 0.6 is 0 Å². The molecule has 10 nitrogen and oxygen atoms in total. The molecule has 2 aliphatic rings. The van der Waals surface area contributed by atoms with Crippen LogP contribution in [0.3, 0.4) is 0 Å². The number of halogens is 6. The molecule has 8 rings (SSSR count). The molecule has 0 amide bonds. The van der Waals surface area contributed by atoms with Crippen LogP contribution in [0.2, 0.25) is 0 Å². The largest absolute Gasteiger partial charge is 0.478 e. The van der Waals surface area contributed by atoms with E-state index < -0.39 is 58.6 Å². The number of hydrogen-bond acceptors (Lipinski definition) is 7. The Kier molecular flexibility index (Phi) is 16.8. The van der Waals surface area contributed by atoms with E-state index in [4.69, 9.17) is 5.11 Å². The lowest BCUT2D eigenvalue weighted by Crippen LogP contribution is -2.48. The number of methoxy groups -OCH3 is 1. The first kappa shape index (κ1) is 55.1. The van der Waals surface area contributed by atoms with Gasteiger partial charge in [-0.2, -0.15) is 10.2 Å². The van der Waals surface area contributed by atoms with Gasteiger partial charge in [-0.1, -0.05) is 35.8 Å². The molecular formula is C59H58F6N6O4. The molecule has 75 heavy (non-hydrogen) atoms. The molecule has 0 radical (unpaired) electrons. The number of nitrogens with zero attached hydrogens (tertiary/aromatic N) is 6. The SMILES string of the molecule is CC1Cc2cc(C#Cc3cnn(C)c3)ccc2C(c2c(F)cc(/C=C/C(=O)O)cc2F)N1CC(C)(C)F.COC(=O)/C=C/c1cc(F)c(C2c3ccc(C#Cc4cnn(C)c4)cc3CC(C)N2CC(C)(C)F)c(F)c1. The third-order valence-corrected chi connectivity index (χ3v) is 12.7. The van der Waals surface area contributed by atoms with Gasteiger partial charge in [0.1, 0.15) is 34.6 Å². The summed E-state index contributed by atoms with van der Waals surface area (Å²) in [6.45, 7) is 9.60. The van der Waals surface area contributed by atoms with Crippen LogP contribution < -0.4 is 0 Å². The van der Waals surface area contributed by atoms with Crippen molar-refractivity contribution in [1.29, 1.82) is 0 Å². The van der Waals surface area contributed by atoms with Crippen molar-refractivity contribution in [2.24, 2.45) is 14.1 Å². The van der Waals surface area contributed by atoms with Gasteiger partial charge in [0.05, 0.1) is 42.7 Å². The van der Waals surface area contributed by atoms with Crippen LogP contribution in [0, 0.1) is 47.0 Å². The van der Waals surface area contributed by atoms with E-state index in [1.165, 1.54) is 53.0 Å². The van der Waals surface area contributed by atoms with Crippen LogP contribution in [0.5, 0.6) is 0 Å². The normalized spacial score (nSPS) is 17.8. The van der Waals surface area contributed by atoms with E-state index in [9.17, 15) is 18.4 Å². The van der Waals surface area contributed by atoms with Gasteiger partial charge in [-0.25, -0.2) is 35.9 Å².